The molecule has 1 saturated heterocycles. The summed E-state index contributed by atoms with van der Waals surface area (Å²) in [7, 11) is 0. The predicted octanol–water partition coefficient (Wildman–Crippen LogP) is 2.10. The topological polar surface area (TPSA) is 42.1 Å². The van der Waals surface area contributed by atoms with Crippen molar-refractivity contribution in [2.75, 3.05) is 18.0 Å². The van der Waals surface area contributed by atoms with Gasteiger partial charge in [-0.2, -0.15) is 0 Å². The maximum atomic E-state index is 5.58. The molecule has 0 spiro atoms. The molecule has 1 aromatic rings. The fourth-order valence-corrected chi connectivity index (χ4v) is 2.48. The van der Waals surface area contributed by atoms with Crippen molar-refractivity contribution < 1.29 is 0 Å². The first kappa shape index (κ1) is 11.4. The number of hydrogen-bond acceptors (Lipinski definition) is 3. The lowest BCUT2D eigenvalue weighted by atomic mass is 10.1. The minimum atomic E-state index is 0.651. The van der Waals surface area contributed by atoms with Gasteiger partial charge >= 0.3 is 0 Å². The molecule has 2 N–H and O–H groups in total. The van der Waals surface area contributed by atoms with Crippen LogP contribution in [-0.2, 0) is 0 Å². The summed E-state index contributed by atoms with van der Waals surface area (Å²) in [5.41, 5.74) is 6.68. The van der Waals surface area contributed by atoms with E-state index in [9.17, 15) is 0 Å². The fourth-order valence-electron chi connectivity index (χ4n) is 2.48. The largest absolute Gasteiger partial charge is 0.354 e. The summed E-state index contributed by atoms with van der Waals surface area (Å²) in [6, 6.07) is 6.91. The number of nitrogens with zero attached hydrogens (tertiary/aromatic N) is 2. The van der Waals surface area contributed by atoms with Crippen LogP contribution in [-0.4, -0.2) is 24.1 Å². The van der Waals surface area contributed by atoms with E-state index in [-0.39, 0.29) is 0 Å². The highest BCUT2D eigenvalue weighted by Crippen LogP contribution is 2.26. The Morgan fingerprint density at radius 2 is 2.38 bits per heavy atom. The lowest BCUT2D eigenvalue weighted by Gasteiger charge is -2.25. The van der Waals surface area contributed by atoms with Gasteiger partial charge in [0, 0.05) is 18.3 Å². The summed E-state index contributed by atoms with van der Waals surface area (Å²) in [4.78, 5) is 7.06. The maximum Gasteiger partial charge on any atom is 0.129 e. The van der Waals surface area contributed by atoms with Crippen LogP contribution >= 0.6 is 0 Å². The van der Waals surface area contributed by atoms with Crippen LogP contribution in [0.2, 0.25) is 0 Å². The molecular weight excluding hydrogens is 198 g/mol. The zero-order valence-corrected chi connectivity index (χ0v) is 10.0. The SMILES string of the molecule is Cc1cccc(N2CCCC2CCCN)n1. The quantitative estimate of drug-likeness (QED) is 0.843. The highest BCUT2D eigenvalue weighted by molar-refractivity contribution is 5.41. The molecule has 16 heavy (non-hydrogen) atoms. The van der Waals surface area contributed by atoms with Crippen LogP contribution in [0.25, 0.3) is 0 Å². The molecule has 0 aromatic carbocycles. The molecule has 1 aliphatic rings. The van der Waals surface area contributed by atoms with E-state index in [0.29, 0.717) is 6.04 Å². The molecule has 0 saturated carbocycles. The first-order valence-electron chi connectivity index (χ1n) is 6.21. The molecule has 1 fully saturated rings. The van der Waals surface area contributed by atoms with Gasteiger partial charge in [0.1, 0.15) is 5.82 Å². The Kier molecular flexibility index (Phi) is 3.78. The van der Waals surface area contributed by atoms with Crippen molar-refractivity contribution in [2.45, 2.75) is 38.6 Å². The van der Waals surface area contributed by atoms with Gasteiger partial charge in [0.2, 0.25) is 0 Å². The molecule has 0 radical (unpaired) electrons. The molecule has 2 heterocycles. The minimum Gasteiger partial charge on any atom is -0.354 e. The van der Waals surface area contributed by atoms with E-state index in [1.807, 2.05) is 0 Å². The van der Waals surface area contributed by atoms with E-state index in [0.717, 1.165) is 31.0 Å². The van der Waals surface area contributed by atoms with Crippen molar-refractivity contribution in [3.8, 4) is 0 Å². The standard InChI is InChI=1S/C13H21N3/c1-11-5-2-8-13(15-11)16-10-4-7-12(16)6-3-9-14/h2,5,8,12H,3-4,6-7,9-10,14H2,1H3. The Labute approximate surface area is 97.7 Å². The lowest BCUT2D eigenvalue weighted by Crippen LogP contribution is -2.30. The molecule has 0 amide bonds. The van der Waals surface area contributed by atoms with Crippen molar-refractivity contribution in [1.29, 1.82) is 0 Å². The lowest BCUT2D eigenvalue weighted by molar-refractivity contribution is 0.582. The predicted molar refractivity (Wildman–Crippen MR) is 67.6 cm³/mol. The monoisotopic (exact) mass is 219 g/mol. The van der Waals surface area contributed by atoms with E-state index >= 15 is 0 Å². The van der Waals surface area contributed by atoms with Gasteiger partial charge < -0.3 is 10.6 Å². The molecule has 0 bridgehead atoms. The summed E-state index contributed by atoms with van der Waals surface area (Å²) >= 11 is 0. The van der Waals surface area contributed by atoms with Crippen LogP contribution < -0.4 is 10.6 Å². The van der Waals surface area contributed by atoms with Gasteiger partial charge in [0.25, 0.3) is 0 Å². The summed E-state index contributed by atoms with van der Waals surface area (Å²) < 4.78 is 0. The number of aromatic nitrogens is 1. The van der Waals surface area contributed by atoms with E-state index in [4.69, 9.17) is 5.73 Å². The Morgan fingerprint density at radius 1 is 1.50 bits per heavy atom. The number of hydrogen-bond donors (Lipinski definition) is 1. The molecule has 1 aliphatic heterocycles. The van der Waals surface area contributed by atoms with E-state index in [2.05, 4.69) is 35.0 Å². The van der Waals surface area contributed by atoms with E-state index in [1.54, 1.807) is 0 Å². The molecule has 0 aliphatic carbocycles. The Hall–Kier alpha value is -1.09. The molecular formula is C13H21N3. The second-order valence-electron chi connectivity index (χ2n) is 4.56. The summed E-state index contributed by atoms with van der Waals surface area (Å²) in [5.74, 6) is 1.14. The third kappa shape index (κ3) is 2.53. The second-order valence-corrected chi connectivity index (χ2v) is 4.56. The number of pyridine rings is 1. The Morgan fingerprint density at radius 3 is 3.12 bits per heavy atom. The van der Waals surface area contributed by atoms with Crippen LogP contribution in [0.1, 0.15) is 31.4 Å². The molecule has 1 aromatic heterocycles. The highest BCUT2D eigenvalue weighted by atomic mass is 15.2. The summed E-state index contributed by atoms with van der Waals surface area (Å²) in [6.07, 6.45) is 4.89. The van der Waals surface area contributed by atoms with Crippen LogP contribution in [0.5, 0.6) is 0 Å². The average molecular weight is 219 g/mol. The zero-order valence-electron chi connectivity index (χ0n) is 10.0. The molecule has 1 unspecified atom stereocenters. The molecule has 3 heteroatoms. The third-order valence-corrected chi connectivity index (χ3v) is 3.29. The Bertz CT molecular complexity index is 338. The fraction of sp³-hybridized carbons (Fsp3) is 0.615. The Balaban J connectivity index is 2.07. The normalized spacial score (nSPS) is 20.4. The third-order valence-electron chi connectivity index (χ3n) is 3.29. The maximum absolute atomic E-state index is 5.58. The van der Waals surface area contributed by atoms with Crippen LogP contribution in [0.4, 0.5) is 5.82 Å². The van der Waals surface area contributed by atoms with Gasteiger partial charge in [-0.05, 0) is 51.3 Å². The van der Waals surface area contributed by atoms with Gasteiger partial charge in [0.05, 0.1) is 0 Å². The van der Waals surface area contributed by atoms with Crippen LogP contribution in [0.3, 0.4) is 0 Å². The zero-order chi connectivity index (χ0) is 11.4. The summed E-state index contributed by atoms with van der Waals surface area (Å²) in [5, 5.41) is 0. The number of nitrogens with two attached hydrogens (primary N) is 1. The van der Waals surface area contributed by atoms with Gasteiger partial charge in [-0.3, -0.25) is 0 Å². The van der Waals surface area contributed by atoms with Crippen molar-refractivity contribution in [1.82, 2.24) is 4.98 Å². The van der Waals surface area contributed by atoms with E-state index < -0.39 is 0 Å². The first-order chi connectivity index (χ1) is 7.81. The second kappa shape index (κ2) is 5.30. The van der Waals surface area contributed by atoms with Crippen molar-refractivity contribution in [2.24, 2.45) is 5.73 Å². The minimum absolute atomic E-state index is 0.651. The smallest absolute Gasteiger partial charge is 0.129 e. The van der Waals surface area contributed by atoms with Gasteiger partial charge in [0.15, 0.2) is 0 Å². The average Bonchev–Trinajstić information content (AvgIpc) is 2.74. The molecule has 2 rings (SSSR count). The summed E-state index contributed by atoms with van der Waals surface area (Å²) in [6.45, 7) is 3.99. The molecule has 1 atom stereocenters. The van der Waals surface area contributed by atoms with E-state index in [1.165, 1.54) is 19.3 Å². The van der Waals surface area contributed by atoms with Crippen molar-refractivity contribution >= 4 is 5.82 Å². The molecule has 88 valence electrons. The number of anilines is 1. The van der Waals surface area contributed by atoms with Gasteiger partial charge in [-0.1, -0.05) is 6.07 Å². The van der Waals surface area contributed by atoms with Crippen LogP contribution in [0.15, 0.2) is 18.2 Å². The van der Waals surface area contributed by atoms with Crippen molar-refractivity contribution in [3.05, 3.63) is 23.9 Å². The highest BCUT2D eigenvalue weighted by Gasteiger charge is 2.24. The van der Waals surface area contributed by atoms with Crippen molar-refractivity contribution in [3.63, 3.8) is 0 Å². The van der Waals surface area contributed by atoms with Gasteiger partial charge in [-0.15, -0.1) is 0 Å². The molecule has 3 nitrogen and oxygen atoms in total. The first-order valence-corrected chi connectivity index (χ1v) is 6.21. The number of aryl methyl sites for hydroxylation is 1. The van der Waals surface area contributed by atoms with Crippen LogP contribution in [0, 0.1) is 6.92 Å². The number of rotatable bonds is 4. The van der Waals surface area contributed by atoms with Gasteiger partial charge in [-0.25, -0.2) is 4.98 Å².